The average Bonchev–Trinajstić information content (AvgIpc) is 2.49. The molecular weight excluding hydrogens is 296 g/mol. The SMILES string of the molecule is CC(c1cccnc1)N(C(=O)C(C)(C)C)c1ccc(Cl)cc1. The molecule has 3 nitrogen and oxygen atoms in total. The molecule has 0 bridgehead atoms. The molecule has 0 N–H and O–H groups in total. The van der Waals surface area contributed by atoms with E-state index in [1.54, 1.807) is 24.5 Å². The van der Waals surface area contributed by atoms with E-state index in [4.69, 9.17) is 11.6 Å². The van der Waals surface area contributed by atoms with Gasteiger partial charge in [-0.2, -0.15) is 0 Å². The van der Waals surface area contributed by atoms with Crippen LogP contribution in [-0.2, 0) is 4.79 Å². The van der Waals surface area contributed by atoms with Gasteiger partial charge in [0.25, 0.3) is 0 Å². The number of anilines is 1. The number of carbonyl (C=O) groups is 1. The second-order valence-corrected chi connectivity index (χ2v) is 6.80. The van der Waals surface area contributed by atoms with E-state index in [0.29, 0.717) is 5.02 Å². The lowest BCUT2D eigenvalue weighted by Gasteiger charge is -2.34. The molecule has 1 heterocycles. The van der Waals surface area contributed by atoms with Gasteiger partial charge in [-0.15, -0.1) is 0 Å². The van der Waals surface area contributed by atoms with Crippen molar-refractivity contribution in [3.8, 4) is 0 Å². The number of halogens is 1. The molecule has 1 amide bonds. The largest absolute Gasteiger partial charge is 0.305 e. The summed E-state index contributed by atoms with van der Waals surface area (Å²) < 4.78 is 0. The Labute approximate surface area is 136 Å². The predicted octanol–water partition coefficient (Wildman–Crippen LogP) is 4.88. The van der Waals surface area contributed by atoms with Crippen molar-refractivity contribution >= 4 is 23.2 Å². The van der Waals surface area contributed by atoms with E-state index < -0.39 is 5.41 Å². The summed E-state index contributed by atoms with van der Waals surface area (Å²) in [6.07, 6.45) is 3.53. The van der Waals surface area contributed by atoms with E-state index >= 15 is 0 Å². The molecule has 0 aliphatic heterocycles. The van der Waals surface area contributed by atoms with Crippen LogP contribution in [0.5, 0.6) is 0 Å². The van der Waals surface area contributed by atoms with E-state index in [0.717, 1.165) is 11.3 Å². The molecule has 0 radical (unpaired) electrons. The van der Waals surface area contributed by atoms with Crippen molar-refractivity contribution in [3.05, 3.63) is 59.4 Å². The lowest BCUT2D eigenvalue weighted by molar-refractivity contribution is -0.126. The van der Waals surface area contributed by atoms with Crippen LogP contribution in [0.25, 0.3) is 0 Å². The van der Waals surface area contributed by atoms with E-state index in [1.165, 1.54) is 0 Å². The molecule has 22 heavy (non-hydrogen) atoms. The molecular formula is C18H21ClN2O. The Kier molecular flexibility index (Phi) is 4.87. The van der Waals surface area contributed by atoms with Crippen LogP contribution in [0, 0.1) is 5.41 Å². The zero-order chi connectivity index (χ0) is 16.3. The Balaban J connectivity index is 2.46. The van der Waals surface area contributed by atoms with Crippen LogP contribution in [-0.4, -0.2) is 10.9 Å². The molecule has 0 aliphatic carbocycles. The molecule has 1 aromatic carbocycles. The van der Waals surface area contributed by atoms with Crippen molar-refractivity contribution in [3.63, 3.8) is 0 Å². The highest BCUT2D eigenvalue weighted by molar-refractivity contribution is 6.30. The zero-order valence-corrected chi connectivity index (χ0v) is 14.1. The molecule has 1 aromatic heterocycles. The third-order valence-electron chi connectivity index (χ3n) is 3.52. The maximum atomic E-state index is 12.9. The topological polar surface area (TPSA) is 33.2 Å². The fourth-order valence-electron chi connectivity index (χ4n) is 2.25. The number of hydrogen-bond donors (Lipinski definition) is 0. The van der Waals surface area contributed by atoms with Gasteiger partial charge in [0.05, 0.1) is 6.04 Å². The van der Waals surface area contributed by atoms with Crippen molar-refractivity contribution in [1.29, 1.82) is 0 Å². The number of nitrogens with zero attached hydrogens (tertiary/aromatic N) is 2. The molecule has 1 atom stereocenters. The fraction of sp³-hybridized carbons (Fsp3) is 0.333. The fourth-order valence-corrected chi connectivity index (χ4v) is 2.38. The molecule has 0 spiro atoms. The summed E-state index contributed by atoms with van der Waals surface area (Å²) in [6.45, 7) is 7.78. The molecule has 1 unspecified atom stereocenters. The van der Waals surface area contributed by atoms with Crippen LogP contribution < -0.4 is 4.90 Å². The number of amides is 1. The Morgan fingerprint density at radius 2 is 1.82 bits per heavy atom. The van der Waals surface area contributed by atoms with Gasteiger partial charge < -0.3 is 4.90 Å². The minimum atomic E-state index is -0.476. The van der Waals surface area contributed by atoms with E-state index in [9.17, 15) is 4.79 Å². The summed E-state index contributed by atoms with van der Waals surface area (Å²) in [5.74, 6) is 0.0613. The predicted molar refractivity (Wildman–Crippen MR) is 91.0 cm³/mol. The van der Waals surface area contributed by atoms with Gasteiger partial charge in [0, 0.05) is 28.5 Å². The van der Waals surface area contributed by atoms with Crippen molar-refractivity contribution in [1.82, 2.24) is 4.98 Å². The lowest BCUT2D eigenvalue weighted by atomic mass is 9.92. The van der Waals surface area contributed by atoms with Crippen LogP contribution in [0.3, 0.4) is 0 Å². The highest BCUT2D eigenvalue weighted by atomic mass is 35.5. The lowest BCUT2D eigenvalue weighted by Crippen LogP contribution is -2.41. The number of hydrogen-bond acceptors (Lipinski definition) is 2. The Hall–Kier alpha value is -1.87. The van der Waals surface area contributed by atoms with Crippen molar-refractivity contribution in [2.75, 3.05) is 4.90 Å². The second-order valence-electron chi connectivity index (χ2n) is 6.36. The number of pyridine rings is 1. The summed E-state index contributed by atoms with van der Waals surface area (Å²) in [7, 11) is 0. The zero-order valence-electron chi connectivity index (χ0n) is 13.4. The standard InChI is InChI=1S/C18H21ClN2O/c1-13(14-6-5-11-20-12-14)21(17(22)18(2,3)4)16-9-7-15(19)8-10-16/h5-13H,1-4H3. The van der Waals surface area contributed by atoms with Gasteiger partial charge in [-0.1, -0.05) is 38.4 Å². The number of carbonyl (C=O) groups excluding carboxylic acids is 1. The van der Waals surface area contributed by atoms with Crippen LogP contribution >= 0.6 is 11.6 Å². The highest BCUT2D eigenvalue weighted by Gasteiger charge is 2.32. The third-order valence-corrected chi connectivity index (χ3v) is 3.77. The van der Waals surface area contributed by atoms with Crippen molar-refractivity contribution in [2.45, 2.75) is 33.7 Å². The van der Waals surface area contributed by atoms with Crippen LogP contribution in [0.15, 0.2) is 48.8 Å². The van der Waals surface area contributed by atoms with Crippen LogP contribution in [0.1, 0.15) is 39.3 Å². The van der Waals surface area contributed by atoms with Crippen molar-refractivity contribution < 1.29 is 4.79 Å². The molecule has 2 aromatic rings. The van der Waals surface area contributed by atoms with Gasteiger partial charge in [-0.05, 0) is 42.8 Å². The van der Waals surface area contributed by atoms with Gasteiger partial charge in [0.15, 0.2) is 0 Å². The molecule has 2 rings (SSSR count). The number of rotatable bonds is 3. The molecule has 116 valence electrons. The summed E-state index contributed by atoms with van der Waals surface area (Å²) >= 11 is 5.97. The summed E-state index contributed by atoms with van der Waals surface area (Å²) in [4.78, 5) is 18.9. The van der Waals surface area contributed by atoms with Crippen LogP contribution in [0.4, 0.5) is 5.69 Å². The van der Waals surface area contributed by atoms with E-state index in [1.807, 2.05) is 56.9 Å². The average molecular weight is 317 g/mol. The first kappa shape index (κ1) is 16.5. The summed E-state index contributed by atoms with van der Waals surface area (Å²) in [5, 5.41) is 0.654. The molecule has 0 fully saturated rings. The maximum absolute atomic E-state index is 12.9. The molecule has 0 saturated carbocycles. The minimum Gasteiger partial charge on any atom is -0.305 e. The molecule has 0 saturated heterocycles. The van der Waals surface area contributed by atoms with Gasteiger partial charge in [-0.25, -0.2) is 0 Å². The minimum absolute atomic E-state index is 0.0613. The monoisotopic (exact) mass is 316 g/mol. The van der Waals surface area contributed by atoms with Gasteiger partial charge in [-0.3, -0.25) is 9.78 Å². The first-order chi connectivity index (χ1) is 10.3. The van der Waals surface area contributed by atoms with Gasteiger partial charge in [0.1, 0.15) is 0 Å². The highest BCUT2D eigenvalue weighted by Crippen LogP contribution is 2.32. The quantitative estimate of drug-likeness (QED) is 0.809. The Bertz CT molecular complexity index is 632. The smallest absolute Gasteiger partial charge is 0.232 e. The Morgan fingerprint density at radius 1 is 1.18 bits per heavy atom. The van der Waals surface area contributed by atoms with Crippen molar-refractivity contribution in [2.24, 2.45) is 5.41 Å². The normalized spacial score (nSPS) is 12.8. The molecule has 4 heteroatoms. The van der Waals surface area contributed by atoms with E-state index in [-0.39, 0.29) is 11.9 Å². The first-order valence-electron chi connectivity index (χ1n) is 7.30. The number of aromatic nitrogens is 1. The second kappa shape index (κ2) is 6.49. The Morgan fingerprint density at radius 3 is 2.32 bits per heavy atom. The van der Waals surface area contributed by atoms with E-state index in [2.05, 4.69) is 4.98 Å². The maximum Gasteiger partial charge on any atom is 0.232 e. The summed E-state index contributed by atoms with van der Waals surface area (Å²) in [5.41, 5.74) is 1.35. The van der Waals surface area contributed by atoms with Crippen LogP contribution in [0.2, 0.25) is 5.02 Å². The summed E-state index contributed by atoms with van der Waals surface area (Å²) in [6, 6.07) is 11.1. The third kappa shape index (κ3) is 3.66. The first-order valence-corrected chi connectivity index (χ1v) is 7.67. The molecule has 0 aliphatic rings. The van der Waals surface area contributed by atoms with Gasteiger partial charge >= 0.3 is 0 Å². The number of benzene rings is 1. The van der Waals surface area contributed by atoms with Gasteiger partial charge in [0.2, 0.25) is 5.91 Å².